The molecule has 0 saturated heterocycles. The molecule has 5 unspecified atom stereocenters. The first kappa shape index (κ1) is 27.3. The lowest BCUT2D eigenvalue weighted by atomic mass is 9.78. The molecule has 0 fully saturated rings. The highest BCUT2D eigenvalue weighted by Crippen LogP contribution is 2.36. The molecule has 0 aliphatic heterocycles. The fraction of sp³-hybridized carbons (Fsp3) is 0.448. The maximum Gasteiger partial charge on any atom is 0.133 e. The van der Waals surface area contributed by atoms with E-state index in [1.807, 2.05) is 49.4 Å². The number of furan rings is 2. The quantitative estimate of drug-likeness (QED) is 0.161. The molecule has 37 heavy (non-hydrogen) atoms. The Hall–Kier alpha value is -2.72. The van der Waals surface area contributed by atoms with Crippen LogP contribution >= 0.6 is 0 Å². The van der Waals surface area contributed by atoms with Gasteiger partial charge in [-0.25, -0.2) is 0 Å². The summed E-state index contributed by atoms with van der Waals surface area (Å²) in [5.74, 6) is 0. The smallest absolute Gasteiger partial charge is 0.133 e. The number of rotatable bonds is 13. The Balaban J connectivity index is 1.53. The van der Waals surface area contributed by atoms with E-state index in [0.29, 0.717) is 36.8 Å². The van der Waals surface area contributed by atoms with Gasteiger partial charge in [-0.05, 0) is 87.3 Å². The van der Waals surface area contributed by atoms with E-state index in [-0.39, 0.29) is 6.61 Å². The number of aliphatic hydroxyl groups excluding tert-OH is 2. The highest BCUT2D eigenvalue weighted by atomic mass is 16.3. The number of likely N-dealkylation sites (N-methyl/N-ethyl adjacent to an activating group) is 2. The van der Waals surface area contributed by atoms with Crippen molar-refractivity contribution in [2.45, 2.75) is 62.0 Å². The SMILES string of the molecule is CCC(O)(c1ccc2occc2c1)C(NC)C(O)CCCC(O)(c1ccc2occc2c1)C(CO)NC. The van der Waals surface area contributed by atoms with Gasteiger partial charge in [0.05, 0.1) is 37.3 Å². The predicted octanol–water partition coefficient (Wildman–Crippen LogP) is 3.36. The number of hydrogen-bond acceptors (Lipinski definition) is 8. The van der Waals surface area contributed by atoms with E-state index in [1.54, 1.807) is 32.7 Å². The highest BCUT2D eigenvalue weighted by molar-refractivity contribution is 5.78. The van der Waals surface area contributed by atoms with E-state index in [1.165, 1.54) is 0 Å². The van der Waals surface area contributed by atoms with E-state index >= 15 is 0 Å². The zero-order valence-electron chi connectivity index (χ0n) is 21.6. The Kier molecular flexibility index (Phi) is 8.38. The highest BCUT2D eigenvalue weighted by Gasteiger charge is 2.42. The van der Waals surface area contributed by atoms with Gasteiger partial charge in [0.1, 0.15) is 22.4 Å². The summed E-state index contributed by atoms with van der Waals surface area (Å²) in [6, 6.07) is 13.5. The summed E-state index contributed by atoms with van der Waals surface area (Å²) in [4.78, 5) is 0. The van der Waals surface area contributed by atoms with Crippen LogP contribution in [-0.2, 0) is 11.2 Å². The van der Waals surface area contributed by atoms with Crippen molar-refractivity contribution in [2.75, 3.05) is 20.7 Å². The minimum atomic E-state index is -1.38. The van der Waals surface area contributed by atoms with Crippen molar-refractivity contribution in [1.29, 1.82) is 0 Å². The van der Waals surface area contributed by atoms with Gasteiger partial charge in [0.25, 0.3) is 0 Å². The molecule has 0 saturated carbocycles. The number of hydrogen-bond donors (Lipinski definition) is 6. The molecule has 0 amide bonds. The molecule has 0 spiro atoms. The summed E-state index contributed by atoms with van der Waals surface area (Å²) >= 11 is 0. The number of fused-ring (bicyclic) bond motifs is 2. The third-order valence-corrected chi connectivity index (χ3v) is 7.82. The van der Waals surface area contributed by atoms with Crippen LogP contribution in [0.4, 0.5) is 0 Å². The molecule has 8 heteroatoms. The maximum atomic E-state index is 11.8. The van der Waals surface area contributed by atoms with Crippen molar-refractivity contribution in [3.05, 3.63) is 72.2 Å². The van der Waals surface area contributed by atoms with Crippen LogP contribution in [0, 0.1) is 0 Å². The van der Waals surface area contributed by atoms with Gasteiger partial charge < -0.3 is 39.9 Å². The molecule has 5 atom stereocenters. The van der Waals surface area contributed by atoms with Gasteiger partial charge in [0, 0.05) is 10.8 Å². The summed E-state index contributed by atoms with van der Waals surface area (Å²) in [6.07, 6.45) is 3.79. The Labute approximate surface area is 216 Å². The lowest BCUT2D eigenvalue weighted by Crippen LogP contribution is -2.54. The van der Waals surface area contributed by atoms with E-state index in [0.717, 1.165) is 21.9 Å². The van der Waals surface area contributed by atoms with Crippen molar-refractivity contribution in [3.8, 4) is 0 Å². The van der Waals surface area contributed by atoms with Crippen LogP contribution in [0.15, 0.2) is 69.9 Å². The van der Waals surface area contributed by atoms with Crippen LogP contribution in [0.5, 0.6) is 0 Å². The Bertz CT molecular complexity index is 1300. The van der Waals surface area contributed by atoms with Crippen molar-refractivity contribution in [3.63, 3.8) is 0 Å². The molecular formula is C29H38N2O6. The normalized spacial score (nSPS) is 17.9. The van der Waals surface area contributed by atoms with Gasteiger partial charge in [-0.3, -0.25) is 0 Å². The second kappa shape index (κ2) is 11.3. The van der Waals surface area contributed by atoms with E-state index in [9.17, 15) is 20.4 Å². The van der Waals surface area contributed by atoms with Gasteiger partial charge in [-0.1, -0.05) is 19.1 Å². The number of aliphatic hydroxyl groups is 4. The van der Waals surface area contributed by atoms with E-state index in [4.69, 9.17) is 8.83 Å². The first-order valence-electron chi connectivity index (χ1n) is 12.8. The summed E-state index contributed by atoms with van der Waals surface area (Å²) in [7, 11) is 3.43. The average Bonchev–Trinajstić information content (AvgIpc) is 3.58. The zero-order valence-corrected chi connectivity index (χ0v) is 21.6. The molecule has 0 bridgehead atoms. The largest absolute Gasteiger partial charge is 0.464 e. The molecular weight excluding hydrogens is 472 g/mol. The fourth-order valence-corrected chi connectivity index (χ4v) is 5.57. The van der Waals surface area contributed by atoms with E-state index < -0.39 is 29.4 Å². The van der Waals surface area contributed by atoms with Crippen molar-refractivity contribution >= 4 is 21.9 Å². The Morgan fingerprint density at radius 2 is 1.41 bits per heavy atom. The third-order valence-electron chi connectivity index (χ3n) is 7.82. The lowest BCUT2D eigenvalue weighted by molar-refractivity contribution is -0.0594. The standard InChI is InChI=1S/C29H38N2O6/c1-4-28(34,21-7-9-24-19(16-21)11-14-36-24)27(31-3)23(33)6-5-13-29(35,26(18-32)30-2)22-8-10-25-20(17-22)12-15-37-25/h7-12,14-17,23,26-27,30-35H,4-6,13,18H2,1-3H3. The topological polar surface area (TPSA) is 131 Å². The lowest BCUT2D eigenvalue weighted by Gasteiger charge is -2.39. The molecule has 2 heterocycles. The summed E-state index contributed by atoms with van der Waals surface area (Å²) < 4.78 is 10.9. The molecule has 0 aliphatic rings. The molecule has 4 rings (SSSR count). The first-order chi connectivity index (χ1) is 17.8. The molecule has 8 nitrogen and oxygen atoms in total. The minimum absolute atomic E-state index is 0.260. The first-order valence-corrected chi connectivity index (χ1v) is 12.8. The zero-order chi connectivity index (χ0) is 26.6. The Morgan fingerprint density at radius 1 is 0.838 bits per heavy atom. The van der Waals surface area contributed by atoms with Crippen molar-refractivity contribution in [2.24, 2.45) is 0 Å². The van der Waals surface area contributed by atoms with Crippen LogP contribution in [-0.4, -0.2) is 59.3 Å². The van der Waals surface area contributed by atoms with Crippen molar-refractivity contribution < 1.29 is 29.3 Å². The van der Waals surface area contributed by atoms with Crippen LogP contribution < -0.4 is 10.6 Å². The predicted molar refractivity (Wildman–Crippen MR) is 143 cm³/mol. The van der Waals surface area contributed by atoms with Gasteiger partial charge in [-0.15, -0.1) is 0 Å². The van der Waals surface area contributed by atoms with Crippen LogP contribution in [0.25, 0.3) is 21.9 Å². The van der Waals surface area contributed by atoms with Crippen molar-refractivity contribution in [1.82, 2.24) is 10.6 Å². The van der Waals surface area contributed by atoms with E-state index in [2.05, 4.69) is 10.6 Å². The van der Waals surface area contributed by atoms with Crippen LogP contribution in [0.3, 0.4) is 0 Å². The molecule has 0 aliphatic carbocycles. The third kappa shape index (κ3) is 5.18. The minimum Gasteiger partial charge on any atom is -0.464 e. The maximum absolute atomic E-state index is 11.8. The molecule has 6 N–H and O–H groups in total. The summed E-state index contributed by atoms with van der Waals surface area (Å²) in [6.45, 7) is 1.63. The second-order valence-electron chi connectivity index (χ2n) is 9.80. The average molecular weight is 511 g/mol. The van der Waals surface area contributed by atoms with Gasteiger partial charge in [0.2, 0.25) is 0 Å². The molecule has 4 aromatic rings. The van der Waals surface area contributed by atoms with Crippen LogP contribution in [0.1, 0.15) is 43.7 Å². The Morgan fingerprint density at radius 3 is 1.89 bits per heavy atom. The molecule has 2 aromatic carbocycles. The van der Waals surface area contributed by atoms with Gasteiger partial charge in [-0.2, -0.15) is 0 Å². The molecule has 0 radical (unpaired) electrons. The summed E-state index contributed by atoms with van der Waals surface area (Å²) in [5.41, 5.74) is 0.115. The molecule has 2 aromatic heterocycles. The van der Waals surface area contributed by atoms with Crippen LogP contribution in [0.2, 0.25) is 0 Å². The monoisotopic (exact) mass is 510 g/mol. The fourth-order valence-electron chi connectivity index (χ4n) is 5.57. The second-order valence-corrected chi connectivity index (χ2v) is 9.80. The molecule has 200 valence electrons. The summed E-state index contributed by atoms with van der Waals surface area (Å²) in [5, 5.41) is 52.7. The van der Waals surface area contributed by atoms with Gasteiger partial charge >= 0.3 is 0 Å². The number of benzene rings is 2. The number of nitrogens with one attached hydrogen (secondary N) is 2. The van der Waals surface area contributed by atoms with Gasteiger partial charge in [0.15, 0.2) is 0 Å².